The van der Waals surface area contributed by atoms with E-state index in [1.165, 1.54) is 5.56 Å². The zero-order valence-corrected chi connectivity index (χ0v) is 11.5. The highest BCUT2D eigenvalue weighted by atomic mass is 79.9. The van der Waals surface area contributed by atoms with E-state index in [9.17, 15) is 0 Å². The highest BCUT2D eigenvalue weighted by Crippen LogP contribution is 2.21. The molecule has 0 aliphatic heterocycles. The number of nitrogens with one attached hydrogen (secondary N) is 1. The van der Waals surface area contributed by atoms with Crippen LogP contribution in [-0.4, -0.2) is 4.98 Å². The summed E-state index contributed by atoms with van der Waals surface area (Å²) in [5.74, 6) is 0. The van der Waals surface area contributed by atoms with Gasteiger partial charge in [0.2, 0.25) is 0 Å². The Hall–Kier alpha value is -1.86. The third kappa shape index (κ3) is 3.08. The first-order chi connectivity index (χ1) is 8.69. The number of hydrogen-bond acceptors (Lipinski definition) is 3. The molecule has 18 heavy (non-hydrogen) atoms. The Morgan fingerprint density at radius 2 is 2.17 bits per heavy atom. The number of halogens is 1. The van der Waals surface area contributed by atoms with Crippen LogP contribution in [0.2, 0.25) is 0 Å². The van der Waals surface area contributed by atoms with E-state index in [1.54, 1.807) is 12.3 Å². The van der Waals surface area contributed by atoms with E-state index in [-0.39, 0.29) is 0 Å². The summed E-state index contributed by atoms with van der Waals surface area (Å²) >= 11 is 3.45. The Morgan fingerprint density at radius 1 is 1.33 bits per heavy atom. The molecule has 0 fully saturated rings. The molecule has 1 N–H and O–H groups in total. The van der Waals surface area contributed by atoms with Crippen LogP contribution >= 0.6 is 15.9 Å². The van der Waals surface area contributed by atoms with E-state index in [2.05, 4.69) is 39.2 Å². The van der Waals surface area contributed by atoms with E-state index < -0.39 is 0 Å². The molecule has 0 saturated heterocycles. The standard InChI is InChI=1S/C14H12BrN3/c1-10-2-3-12(15)7-14(10)18-9-11-4-5-17-13(6-11)8-16/h2-7,18H,9H2,1H3. The lowest BCUT2D eigenvalue weighted by molar-refractivity contribution is 1.11. The number of pyridine rings is 1. The number of aryl methyl sites for hydroxylation is 1. The second-order valence-corrected chi connectivity index (χ2v) is 4.89. The van der Waals surface area contributed by atoms with Gasteiger partial charge in [0.1, 0.15) is 11.8 Å². The maximum Gasteiger partial charge on any atom is 0.140 e. The van der Waals surface area contributed by atoms with Crippen LogP contribution in [0.3, 0.4) is 0 Å². The van der Waals surface area contributed by atoms with Gasteiger partial charge >= 0.3 is 0 Å². The Morgan fingerprint density at radius 3 is 2.94 bits per heavy atom. The maximum atomic E-state index is 8.79. The Balaban J connectivity index is 2.11. The fraction of sp³-hybridized carbons (Fsp3) is 0.143. The van der Waals surface area contributed by atoms with Gasteiger partial charge in [-0.25, -0.2) is 4.98 Å². The fourth-order valence-electron chi connectivity index (χ4n) is 1.63. The number of rotatable bonds is 3. The predicted octanol–water partition coefficient (Wildman–Crippen LogP) is 3.64. The summed E-state index contributed by atoms with van der Waals surface area (Å²) in [6, 6.07) is 11.8. The van der Waals surface area contributed by atoms with Crippen molar-refractivity contribution in [2.45, 2.75) is 13.5 Å². The van der Waals surface area contributed by atoms with Crippen LogP contribution in [0, 0.1) is 18.3 Å². The van der Waals surface area contributed by atoms with Crippen LogP contribution in [0.25, 0.3) is 0 Å². The second kappa shape index (κ2) is 5.65. The molecule has 0 aliphatic carbocycles. The molecule has 3 nitrogen and oxygen atoms in total. The number of nitrogens with zero attached hydrogens (tertiary/aromatic N) is 2. The lowest BCUT2D eigenvalue weighted by Gasteiger charge is -2.10. The lowest BCUT2D eigenvalue weighted by atomic mass is 10.2. The first-order valence-electron chi connectivity index (χ1n) is 5.54. The minimum absolute atomic E-state index is 0.445. The van der Waals surface area contributed by atoms with Gasteiger partial charge in [-0.1, -0.05) is 22.0 Å². The fourth-order valence-corrected chi connectivity index (χ4v) is 1.99. The summed E-state index contributed by atoms with van der Waals surface area (Å²) in [4.78, 5) is 3.95. The van der Waals surface area contributed by atoms with E-state index >= 15 is 0 Å². The average Bonchev–Trinajstić information content (AvgIpc) is 2.40. The molecule has 2 rings (SSSR count). The molecule has 1 aromatic heterocycles. The number of aromatic nitrogens is 1. The molecule has 0 aliphatic rings. The third-order valence-electron chi connectivity index (χ3n) is 2.62. The molecule has 4 heteroatoms. The monoisotopic (exact) mass is 301 g/mol. The van der Waals surface area contributed by atoms with Gasteiger partial charge in [-0.3, -0.25) is 0 Å². The molecule has 0 spiro atoms. The molecular formula is C14H12BrN3. The van der Waals surface area contributed by atoms with Crippen molar-refractivity contribution >= 4 is 21.6 Å². The van der Waals surface area contributed by atoms with Crippen molar-refractivity contribution in [2.75, 3.05) is 5.32 Å². The van der Waals surface area contributed by atoms with Gasteiger partial charge in [-0.2, -0.15) is 5.26 Å². The zero-order chi connectivity index (χ0) is 13.0. The number of benzene rings is 1. The van der Waals surface area contributed by atoms with Crippen LogP contribution in [-0.2, 0) is 6.54 Å². The SMILES string of the molecule is Cc1ccc(Br)cc1NCc1ccnc(C#N)c1. The summed E-state index contributed by atoms with van der Waals surface area (Å²) in [7, 11) is 0. The highest BCUT2D eigenvalue weighted by Gasteiger charge is 2.00. The van der Waals surface area contributed by atoms with Gasteiger partial charge in [0.25, 0.3) is 0 Å². The van der Waals surface area contributed by atoms with Crippen LogP contribution in [0.4, 0.5) is 5.69 Å². The molecule has 1 heterocycles. The van der Waals surface area contributed by atoms with Crippen LogP contribution < -0.4 is 5.32 Å². The third-order valence-corrected chi connectivity index (χ3v) is 3.11. The van der Waals surface area contributed by atoms with Crippen molar-refractivity contribution in [2.24, 2.45) is 0 Å². The van der Waals surface area contributed by atoms with E-state index in [0.717, 1.165) is 15.7 Å². The van der Waals surface area contributed by atoms with Crippen molar-refractivity contribution < 1.29 is 0 Å². The molecule has 2 aromatic rings. The molecule has 0 radical (unpaired) electrons. The van der Waals surface area contributed by atoms with Gasteiger partial charge in [0.15, 0.2) is 0 Å². The first-order valence-corrected chi connectivity index (χ1v) is 6.33. The van der Waals surface area contributed by atoms with Crippen LogP contribution in [0.5, 0.6) is 0 Å². The number of hydrogen-bond donors (Lipinski definition) is 1. The largest absolute Gasteiger partial charge is 0.381 e. The van der Waals surface area contributed by atoms with Crippen molar-refractivity contribution in [3.05, 3.63) is 57.8 Å². The number of nitriles is 1. The minimum Gasteiger partial charge on any atom is -0.381 e. The quantitative estimate of drug-likeness (QED) is 0.941. The van der Waals surface area contributed by atoms with Gasteiger partial charge < -0.3 is 5.32 Å². The molecule has 0 unspecified atom stereocenters. The normalized spacial score (nSPS) is 9.83. The van der Waals surface area contributed by atoms with Crippen LogP contribution in [0.15, 0.2) is 41.0 Å². The van der Waals surface area contributed by atoms with Crippen molar-refractivity contribution in [1.29, 1.82) is 5.26 Å². The summed E-state index contributed by atoms with van der Waals surface area (Å²) < 4.78 is 1.04. The van der Waals surface area contributed by atoms with Crippen molar-refractivity contribution in [3.8, 4) is 6.07 Å². The van der Waals surface area contributed by atoms with Gasteiger partial charge in [0, 0.05) is 22.9 Å². The van der Waals surface area contributed by atoms with Crippen LogP contribution in [0.1, 0.15) is 16.8 Å². The van der Waals surface area contributed by atoms with Gasteiger partial charge in [-0.15, -0.1) is 0 Å². The molecule has 0 atom stereocenters. The second-order valence-electron chi connectivity index (χ2n) is 3.97. The molecule has 90 valence electrons. The predicted molar refractivity (Wildman–Crippen MR) is 75.2 cm³/mol. The minimum atomic E-state index is 0.445. The van der Waals surface area contributed by atoms with Gasteiger partial charge in [-0.05, 0) is 42.3 Å². The summed E-state index contributed by atoms with van der Waals surface area (Å²) in [6.45, 7) is 2.73. The smallest absolute Gasteiger partial charge is 0.140 e. The summed E-state index contributed by atoms with van der Waals surface area (Å²) in [5.41, 5.74) is 3.76. The highest BCUT2D eigenvalue weighted by molar-refractivity contribution is 9.10. The lowest BCUT2D eigenvalue weighted by Crippen LogP contribution is -2.01. The zero-order valence-electron chi connectivity index (χ0n) is 9.94. The summed E-state index contributed by atoms with van der Waals surface area (Å²) in [5, 5.41) is 12.1. The molecular weight excluding hydrogens is 290 g/mol. The maximum absolute atomic E-state index is 8.79. The molecule has 1 aromatic carbocycles. The van der Waals surface area contributed by atoms with Crippen molar-refractivity contribution in [1.82, 2.24) is 4.98 Å². The topological polar surface area (TPSA) is 48.7 Å². The van der Waals surface area contributed by atoms with E-state index in [1.807, 2.05) is 24.3 Å². The first kappa shape index (κ1) is 12.6. The van der Waals surface area contributed by atoms with E-state index in [4.69, 9.17) is 5.26 Å². The Bertz CT molecular complexity index is 602. The van der Waals surface area contributed by atoms with Gasteiger partial charge in [0.05, 0.1) is 0 Å². The Labute approximate surface area is 115 Å². The number of anilines is 1. The molecule has 0 bridgehead atoms. The Kier molecular flexibility index (Phi) is 3.96. The average molecular weight is 302 g/mol. The molecule has 0 saturated carbocycles. The molecule has 0 amide bonds. The van der Waals surface area contributed by atoms with E-state index in [0.29, 0.717) is 12.2 Å². The van der Waals surface area contributed by atoms with Crippen molar-refractivity contribution in [3.63, 3.8) is 0 Å². The summed E-state index contributed by atoms with van der Waals surface area (Å²) in [6.07, 6.45) is 1.66.